The Morgan fingerprint density at radius 1 is 0.944 bits per heavy atom. The molecule has 18 heavy (non-hydrogen) atoms. The van der Waals surface area contributed by atoms with Crippen molar-refractivity contribution in [1.82, 2.24) is 0 Å². The quantitative estimate of drug-likeness (QED) is 0.841. The highest BCUT2D eigenvalue weighted by Gasteiger charge is 2.15. The molecular weight excluding hydrogens is 311 g/mol. The molecule has 0 saturated heterocycles. The van der Waals surface area contributed by atoms with Gasteiger partial charge in [-0.05, 0) is 18.2 Å². The summed E-state index contributed by atoms with van der Waals surface area (Å²) in [6, 6.07) is 5.67. The van der Waals surface area contributed by atoms with Crippen molar-refractivity contribution in [1.29, 1.82) is 0 Å². The van der Waals surface area contributed by atoms with E-state index in [1.165, 1.54) is 12.1 Å². The van der Waals surface area contributed by atoms with E-state index < -0.39 is 23.2 Å². The number of hydrogen-bond donors (Lipinski definition) is 1. The molecule has 0 aliphatic heterocycles. The molecule has 0 aliphatic rings. The van der Waals surface area contributed by atoms with Gasteiger partial charge in [0.1, 0.15) is 0 Å². The fourth-order valence-corrected chi connectivity index (χ4v) is 1.68. The normalized spacial score (nSPS) is 10.4. The molecule has 0 atom stereocenters. The average molecular weight is 318 g/mol. The van der Waals surface area contributed by atoms with E-state index in [0.29, 0.717) is 4.47 Å². The lowest BCUT2D eigenvalue weighted by atomic mass is 10.2. The van der Waals surface area contributed by atoms with Crippen LogP contribution in [0.5, 0.6) is 11.5 Å². The Morgan fingerprint density at radius 3 is 2.11 bits per heavy atom. The number of hydrogen-bond acceptors (Lipinski definition) is 2. The van der Waals surface area contributed by atoms with E-state index in [2.05, 4.69) is 15.9 Å². The van der Waals surface area contributed by atoms with Gasteiger partial charge in [0.05, 0.1) is 0 Å². The summed E-state index contributed by atoms with van der Waals surface area (Å²) in [4.78, 5) is 0. The van der Waals surface area contributed by atoms with E-state index in [1.54, 1.807) is 0 Å². The molecule has 0 radical (unpaired) electrons. The molecule has 0 aromatic heterocycles. The number of nitrogen functional groups attached to an aromatic ring is 1. The molecule has 2 aromatic carbocycles. The van der Waals surface area contributed by atoms with E-state index >= 15 is 0 Å². The minimum atomic E-state index is -0.991. The third kappa shape index (κ3) is 2.59. The van der Waals surface area contributed by atoms with Gasteiger partial charge in [-0.1, -0.05) is 15.9 Å². The first-order valence-corrected chi connectivity index (χ1v) is 5.64. The van der Waals surface area contributed by atoms with E-state index in [-0.39, 0.29) is 11.4 Å². The predicted octanol–water partition coefficient (Wildman–Crippen LogP) is 4.24. The van der Waals surface area contributed by atoms with Gasteiger partial charge in [-0.3, -0.25) is 0 Å². The van der Waals surface area contributed by atoms with Crippen LogP contribution >= 0.6 is 15.9 Å². The summed E-state index contributed by atoms with van der Waals surface area (Å²) in [5.41, 5.74) is 5.18. The maximum atomic E-state index is 13.5. The Bertz CT molecular complexity index is 581. The fraction of sp³-hybridized carbons (Fsp3) is 0. The largest absolute Gasteiger partial charge is 0.448 e. The van der Waals surface area contributed by atoms with Gasteiger partial charge in [-0.15, -0.1) is 0 Å². The predicted molar refractivity (Wildman–Crippen MR) is 64.9 cm³/mol. The summed E-state index contributed by atoms with van der Waals surface area (Å²) in [6.07, 6.45) is 0. The number of benzene rings is 2. The standard InChI is InChI=1S/C12H7BrF3NO/c13-6-1-2-11(8(14)3-6)18-12-9(15)4-7(17)5-10(12)16/h1-5H,17H2. The number of anilines is 1. The van der Waals surface area contributed by atoms with Crippen LogP contribution in [0.4, 0.5) is 18.9 Å². The lowest BCUT2D eigenvalue weighted by molar-refractivity contribution is 0.387. The first-order chi connectivity index (χ1) is 8.47. The first-order valence-electron chi connectivity index (χ1n) is 4.85. The molecule has 0 unspecified atom stereocenters. The van der Waals surface area contributed by atoms with Gasteiger partial charge in [0.15, 0.2) is 29.0 Å². The molecule has 2 aromatic rings. The highest BCUT2D eigenvalue weighted by molar-refractivity contribution is 9.10. The molecular formula is C12H7BrF3NO. The molecule has 2 N–H and O–H groups in total. The smallest absolute Gasteiger partial charge is 0.198 e. The molecule has 0 bridgehead atoms. The van der Waals surface area contributed by atoms with Crippen LogP contribution in [-0.4, -0.2) is 0 Å². The van der Waals surface area contributed by atoms with Crippen molar-refractivity contribution in [3.05, 3.63) is 52.3 Å². The molecule has 0 heterocycles. The zero-order valence-corrected chi connectivity index (χ0v) is 10.5. The van der Waals surface area contributed by atoms with E-state index in [1.807, 2.05) is 0 Å². The van der Waals surface area contributed by atoms with Crippen molar-refractivity contribution < 1.29 is 17.9 Å². The lowest BCUT2D eigenvalue weighted by Gasteiger charge is -2.09. The third-order valence-corrected chi connectivity index (χ3v) is 2.62. The van der Waals surface area contributed by atoms with Gasteiger partial charge in [0, 0.05) is 22.3 Å². The molecule has 0 saturated carbocycles. The Morgan fingerprint density at radius 2 is 1.56 bits per heavy atom. The van der Waals surface area contributed by atoms with Crippen molar-refractivity contribution in [2.75, 3.05) is 5.73 Å². The van der Waals surface area contributed by atoms with Crippen LogP contribution in [0.15, 0.2) is 34.8 Å². The molecule has 0 fully saturated rings. The van der Waals surface area contributed by atoms with E-state index in [9.17, 15) is 13.2 Å². The monoisotopic (exact) mass is 317 g/mol. The van der Waals surface area contributed by atoms with Crippen LogP contribution in [0.1, 0.15) is 0 Å². The minimum absolute atomic E-state index is 0.0753. The molecule has 2 rings (SSSR count). The lowest BCUT2D eigenvalue weighted by Crippen LogP contribution is -1.97. The summed E-state index contributed by atoms with van der Waals surface area (Å²) in [5, 5.41) is 0. The number of halogens is 4. The van der Waals surface area contributed by atoms with Crippen molar-refractivity contribution in [3.63, 3.8) is 0 Å². The summed E-state index contributed by atoms with van der Waals surface area (Å²) >= 11 is 3.06. The van der Waals surface area contributed by atoms with Gasteiger partial charge in [-0.25, -0.2) is 13.2 Å². The van der Waals surface area contributed by atoms with Crippen molar-refractivity contribution in [2.24, 2.45) is 0 Å². The zero-order chi connectivity index (χ0) is 13.3. The Balaban J connectivity index is 2.40. The molecule has 94 valence electrons. The van der Waals surface area contributed by atoms with Crippen LogP contribution in [0.3, 0.4) is 0 Å². The highest BCUT2D eigenvalue weighted by atomic mass is 79.9. The van der Waals surface area contributed by atoms with E-state index in [0.717, 1.165) is 18.2 Å². The van der Waals surface area contributed by atoms with Gasteiger partial charge in [-0.2, -0.15) is 0 Å². The number of nitrogens with two attached hydrogens (primary N) is 1. The van der Waals surface area contributed by atoms with Gasteiger partial charge >= 0.3 is 0 Å². The summed E-state index contributed by atoms with van der Waals surface area (Å²) in [6.45, 7) is 0. The maximum absolute atomic E-state index is 13.5. The third-order valence-electron chi connectivity index (χ3n) is 2.13. The Hall–Kier alpha value is -1.69. The van der Waals surface area contributed by atoms with Crippen LogP contribution < -0.4 is 10.5 Å². The van der Waals surface area contributed by atoms with Crippen molar-refractivity contribution >= 4 is 21.6 Å². The van der Waals surface area contributed by atoms with Crippen LogP contribution in [0.2, 0.25) is 0 Å². The number of rotatable bonds is 2. The molecule has 2 nitrogen and oxygen atoms in total. The highest BCUT2D eigenvalue weighted by Crippen LogP contribution is 2.31. The fourth-order valence-electron chi connectivity index (χ4n) is 1.34. The zero-order valence-electron chi connectivity index (χ0n) is 8.88. The van der Waals surface area contributed by atoms with Gasteiger partial charge in [0.25, 0.3) is 0 Å². The maximum Gasteiger partial charge on any atom is 0.198 e. The Labute approximate surface area is 109 Å². The van der Waals surface area contributed by atoms with E-state index in [4.69, 9.17) is 10.5 Å². The van der Waals surface area contributed by atoms with Gasteiger partial charge < -0.3 is 10.5 Å². The molecule has 0 spiro atoms. The van der Waals surface area contributed by atoms with Crippen LogP contribution in [0.25, 0.3) is 0 Å². The minimum Gasteiger partial charge on any atom is -0.448 e. The Kier molecular flexibility index (Phi) is 3.47. The first kappa shape index (κ1) is 12.8. The molecule has 0 aliphatic carbocycles. The SMILES string of the molecule is Nc1cc(F)c(Oc2ccc(Br)cc2F)c(F)c1. The second-order valence-corrected chi connectivity index (χ2v) is 4.41. The van der Waals surface area contributed by atoms with Crippen molar-refractivity contribution in [2.45, 2.75) is 0 Å². The molecule has 0 amide bonds. The molecule has 6 heteroatoms. The topological polar surface area (TPSA) is 35.2 Å². The summed E-state index contributed by atoms with van der Waals surface area (Å²) in [7, 11) is 0. The van der Waals surface area contributed by atoms with Crippen LogP contribution in [0, 0.1) is 17.5 Å². The summed E-state index contributed by atoms with van der Waals surface area (Å²) in [5.74, 6) is -3.68. The second-order valence-electron chi connectivity index (χ2n) is 3.49. The average Bonchev–Trinajstić information content (AvgIpc) is 2.25. The summed E-state index contributed by atoms with van der Waals surface area (Å²) < 4.78 is 45.7. The second kappa shape index (κ2) is 4.89. The number of ether oxygens (including phenoxy) is 1. The van der Waals surface area contributed by atoms with Crippen LogP contribution in [-0.2, 0) is 0 Å². The van der Waals surface area contributed by atoms with Crippen molar-refractivity contribution in [3.8, 4) is 11.5 Å². The van der Waals surface area contributed by atoms with Gasteiger partial charge in [0.2, 0.25) is 0 Å².